The maximum atomic E-state index is 5.51. The Kier molecular flexibility index (Phi) is 3.95. The van der Waals surface area contributed by atoms with Crippen LogP contribution in [-0.4, -0.2) is 35.2 Å². The zero-order valence-corrected chi connectivity index (χ0v) is 10.3. The molecule has 1 aliphatic rings. The average Bonchev–Trinajstić information content (AvgIpc) is 3.17. The smallest absolute Gasteiger partial charge is 0.324 e. The summed E-state index contributed by atoms with van der Waals surface area (Å²) in [7, 11) is 1.53. The number of hydrogen-bond donors (Lipinski definition) is 1. The van der Waals surface area contributed by atoms with Crippen LogP contribution < -0.4 is 14.8 Å². The SMILES string of the molecule is CCCNc1nc(OC)nc(OCC2CC2)n1. The van der Waals surface area contributed by atoms with Crippen LogP contribution in [0.2, 0.25) is 0 Å². The topological polar surface area (TPSA) is 69.2 Å². The van der Waals surface area contributed by atoms with E-state index < -0.39 is 0 Å². The first-order valence-electron chi connectivity index (χ1n) is 5.98. The molecule has 0 amide bonds. The molecule has 1 N–H and O–H groups in total. The van der Waals surface area contributed by atoms with Gasteiger partial charge in [0.15, 0.2) is 0 Å². The van der Waals surface area contributed by atoms with Gasteiger partial charge in [0.25, 0.3) is 0 Å². The van der Waals surface area contributed by atoms with Gasteiger partial charge in [0.2, 0.25) is 5.95 Å². The Morgan fingerprint density at radius 3 is 2.65 bits per heavy atom. The summed E-state index contributed by atoms with van der Waals surface area (Å²) in [6.45, 7) is 3.57. The van der Waals surface area contributed by atoms with E-state index >= 15 is 0 Å². The summed E-state index contributed by atoms with van der Waals surface area (Å²) in [6.07, 6.45) is 3.48. The van der Waals surface area contributed by atoms with E-state index in [-0.39, 0.29) is 6.01 Å². The summed E-state index contributed by atoms with van der Waals surface area (Å²) in [5, 5.41) is 3.09. The summed E-state index contributed by atoms with van der Waals surface area (Å²) < 4.78 is 10.5. The molecule has 17 heavy (non-hydrogen) atoms. The third-order valence-corrected chi connectivity index (χ3v) is 2.46. The van der Waals surface area contributed by atoms with Crippen molar-refractivity contribution in [1.29, 1.82) is 0 Å². The molecule has 0 bridgehead atoms. The predicted octanol–water partition coefficient (Wildman–Crippen LogP) is 1.49. The van der Waals surface area contributed by atoms with Gasteiger partial charge in [0.05, 0.1) is 13.7 Å². The van der Waals surface area contributed by atoms with E-state index in [4.69, 9.17) is 9.47 Å². The normalized spacial score (nSPS) is 14.5. The lowest BCUT2D eigenvalue weighted by molar-refractivity contribution is 0.267. The number of nitrogens with zero attached hydrogens (tertiary/aromatic N) is 3. The van der Waals surface area contributed by atoms with Gasteiger partial charge in [0, 0.05) is 6.54 Å². The molecule has 0 aliphatic heterocycles. The molecule has 0 radical (unpaired) electrons. The Bertz CT molecular complexity index is 368. The second kappa shape index (κ2) is 5.65. The van der Waals surface area contributed by atoms with Gasteiger partial charge in [0.1, 0.15) is 0 Å². The molecule has 1 aromatic heterocycles. The molecule has 0 saturated heterocycles. The lowest BCUT2D eigenvalue weighted by Gasteiger charge is -2.07. The van der Waals surface area contributed by atoms with Gasteiger partial charge < -0.3 is 14.8 Å². The van der Waals surface area contributed by atoms with Crippen molar-refractivity contribution in [2.45, 2.75) is 26.2 Å². The fourth-order valence-corrected chi connectivity index (χ4v) is 1.29. The summed E-state index contributed by atoms with van der Waals surface area (Å²) in [5.41, 5.74) is 0. The molecule has 1 aromatic rings. The Hall–Kier alpha value is -1.59. The standard InChI is InChI=1S/C11H18N4O2/c1-3-6-12-9-13-10(16-2)15-11(14-9)17-7-8-4-5-8/h8H,3-7H2,1-2H3,(H,12,13,14,15). The van der Waals surface area contributed by atoms with Crippen LogP contribution in [0.15, 0.2) is 0 Å². The van der Waals surface area contributed by atoms with Crippen LogP contribution in [-0.2, 0) is 0 Å². The largest absolute Gasteiger partial charge is 0.467 e. The van der Waals surface area contributed by atoms with E-state index in [0.29, 0.717) is 24.5 Å². The van der Waals surface area contributed by atoms with Crippen molar-refractivity contribution in [2.24, 2.45) is 5.92 Å². The van der Waals surface area contributed by atoms with Crippen molar-refractivity contribution in [3.8, 4) is 12.0 Å². The Balaban J connectivity index is 2.00. The maximum absolute atomic E-state index is 5.51. The highest BCUT2D eigenvalue weighted by atomic mass is 16.5. The van der Waals surface area contributed by atoms with Crippen LogP contribution in [0, 0.1) is 5.92 Å². The number of nitrogens with one attached hydrogen (secondary N) is 1. The second-order valence-electron chi connectivity index (χ2n) is 4.11. The molecule has 0 atom stereocenters. The van der Waals surface area contributed by atoms with Crippen molar-refractivity contribution in [3.05, 3.63) is 0 Å². The van der Waals surface area contributed by atoms with Crippen LogP contribution in [0.3, 0.4) is 0 Å². The van der Waals surface area contributed by atoms with Crippen molar-refractivity contribution < 1.29 is 9.47 Å². The van der Waals surface area contributed by atoms with Gasteiger partial charge in [-0.3, -0.25) is 0 Å². The number of aromatic nitrogens is 3. The number of hydrogen-bond acceptors (Lipinski definition) is 6. The molecule has 0 spiro atoms. The molecule has 2 rings (SSSR count). The first-order chi connectivity index (χ1) is 8.31. The van der Waals surface area contributed by atoms with Gasteiger partial charge in [-0.15, -0.1) is 4.98 Å². The van der Waals surface area contributed by atoms with Gasteiger partial charge in [-0.25, -0.2) is 0 Å². The second-order valence-corrected chi connectivity index (χ2v) is 4.11. The quantitative estimate of drug-likeness (QED) is 0.776. The van der Waals surface area contributed by atoms with E-state index in [1.54, 1.807) is 0 Å². The van der Waals surface area contributed by atoms with E-state index in [1.165, 1.54) is 20.0 Å². The van der Waals surface area contributed by atoms with E-state index in [1.807, 2.05) is 0 Å². The highest BCUT2D eigenvalue weighted by Crippen LogP contribution is 2.29. The molecular formula is C11H18N4O2. The van der Waals surface area contributed by atoms with Crippen LogP contribution in [0.1, 0.15) is 26.2 Å². The number of anilines is 1. The van der Waals surface area contributed by atoms with Crippen LogP contribution in [0.5, 0.6) is 12.0 Å². The highest BCUT2D eigenvalue weighted by molar-refractivity contribution is 5.27. The third kappa shape index (κ3) is 3.72. The Labute approximate surface area is 101 Å². The summed E-state index contributed by atoms with van der Waals surface area (Å²) in [5.74, 6) is 1.18. The fraction of sp³-hybridized carbons (Fsp3) is 0.727. The van der Waals surface area contributed by atoms with E-state index in [9.17, 15) is 0 Å². The van der Waals surface area contributed by atoms with Crippen molar-refractivity contribution in [2.75, 3.05) is 25.6 Å². The molecular weight excluding hydrogens is 220 g/mol. The fourth-order valence-electron chi connectivity index (χ4n) is 1.29. The molecule has 6 heteroatoms. The van der Waals surface area contributed by atoms with Crippen molar-refractivity contribution >= 4 is 5.95 Å². The Morgan fingerprint density at radius 1 is 1.24 bits per heavy atom. The van der Waals surface area contributed by atoms with Crippen LogP contribution >= 0.6 is 0 Å². The maximum Gasteiger partial charge on any atom is 0.324 e. The molecule has 1 aliphatic carbocycles. The van der Waals surface area contributed by atoms with Crippen LogP contribution in [0.25, 0.3) is 0 Å². The summed E-state index contributed by atoms with van der Waals surface area (Å²) >= 11 is 0. The first-order valence-corrected chi connectivity index (χ1v) is 5.98. The molecule has 1 saturated carbocycles. The minimum absolute atomic E-state index is 0.282. The minimum atomic E-state index is 0.282. The average molecular weight is 238 g/mol. The van der Waals surface area contributed by atoms with Gasteiger partial charge in [-0.1, -0.05) is 6.92 Å². The molecule has 0 aromatic carbocycles. The highest BCUT2D eigenvalue weighted by Gasteiger charge is 2.22. The number of methoxy groups -OCH3 is 1. The third-order valence-electron chi connectivity index (χ3n) is 2.46. The lowest BCUT2D eigenvalue weighted by atomic mass is 10.5. The summed E-state index contributed by atoms with van der Waals surface area (Å²) in [4.78, 5) is 12.3. The van der Waals surface area contributed by atoms with Gasteiger partial charge in [-0.05, 0) is 25.2 Å². The first kappa shape index (κ1) is 11.9. The number of ether oxygens (including phenoxy) is 2. The van der Waals surface area contributed by atoms with Gasteiger partial charge >= 0.3 is 12.0 Å². The molecule has 6 nitrogen and oxygen atoms in total. The monoisotopic (exact) mass is 238 g/mol. The van der Waals surface area contributed by atoms with Crippen molar-refractivity contribution in [3.63, 3.8) is 0 Å². The van der Waals surface area contributed by atoms with E-state index in [2.05, 4.69) is 27.2 Å². The van der Waals surface area contributed by atoms with Crippen LogP contribution in [0.4, 0.5) is 5.95 Å². The number of rotatable bonds is 7. The van der Waals surface area contributed by atoms with Gasteiger partial charge in [-0.2, -0.15) is 9.97 Å². The molecule has 0 unspecified atom stereocenters. The Morgan fingerprint density at radius 2 is 2.00 bits per heavy atom. The zero-order valence-electron chi connectivity index (χ0n) is 10.3. The molecule has 94 valence electrons. The summed E-state index contributed by atoms with van der Waals surface area (Å²) in [6, 6.07) is 0.617. The zero-order chi connectivity index (χ0) is 12.1. The lowest BCUT2D eigenvalue weighted by Crippen LogP contribution is -2.09. The van der Waals surface area contributed by atoms with E-state index in [0.717, 1.165) is 13.0 Å². The predicted molar refractivity (Wildman–Crippen MR) is 63.4 cm³/mol. The van der Waals surface area contributed by atoms with Crippen molar-refractivity contribution in [1.82, 2.24) is 15.0 Å². The molecule has 1 heterocycles. The molecule has 1 fully saturated rings. The minimum Gasteiger partial charge on any atom is -0.467 e.